The zero-order chi connectivity index (χ0) is 18.5. The second-order valence-corrected chi connectivity index (χ2v) is 5.90. The van der Waals surface area contributed by atoms with Crippen LogP contribution in [0.25, 0.3) is 10.9 Å². The van der Waals surface area contributed by atoms with Crippen molar-refractivity contribution in [1.82, 2.24) is 9.88 Å². The van der Waals surface area contributed by atoms with E-state index in [-0.39, 0.29) is 16.9 Å². The molecule has 5 heteroatoms. The zero-order valence-electron chi connectivity index (χ0n) is 14.6. The fourth-order valence-corrected chi connectivity index (χ4v) is 2.82. The van der Waals surface area contributed by atoms with E-state index in [0.29, 0.717) is 24.0 Å². The van der Waals surface area contributed by atoms with Gasteiger partial charge in [-0.3, -0.25) is 9.59 Å². The maximum Gasteiger partial charge on any atom is 0.259 e. The molecule has 0 saturated carbocycles. The molecule has 0 spiro atoms. The molecule has 1 amide bonds. The van der Waals surface area contributed by atoms with E-state index in [0.717, 1.165) is 11.3 Å². The molecule has 2 aromatic carbocycles. The first kappa shape index (κ1) is 17.5. The number of hydrogen-bond donors (Lipinski definition) is 1. The molecule has 5 nitrogen and oxygen atoms in total. The highest BCUT2D eigenvalue weighted by molar-refractivity contribution is 5.97. The van der Waals surface area contributed by atoms with E-state index in [1.54, 1.807) is 30.2 Å². The van der Waals surface area contributed by atoms with Gasteiger partial charge < -0.3 is 14.6 Å². The molecule has 132 valence electrons. The zero-order valence-corrected chi connectivity index (χ0v) is 14.6. The summed E-state index contributed by atoms with van der Waals surface area (Å²) < 4.78 is 5.15. The van der Waals surface area contributed by atoms with Gasteiger partial charge in [0.15, 0.2) is 0 Å². The molecule has 0 atom stereocenters. The van der Waals surface area contributed by atoms with Crippen molar-refractivity contribution in [3.63, 3.8) is 0 Å². The van der Waals surface area contributed by atoms with E-state index in [1.807, 2.05) is 36.4 Å². The first-order valence-corrected chi connectivity index (χ1v) is 8.27. The van der Waals surface area contributed by atoms with Crippen molar-refractivity contribution < 1.29 is 9.53 Å². The smallest absolute Gasteiger partial charge is 0.259 e. The Bertz CT molecular complexity index is 990. The Morgan fingerprint density at radius 1 is 1.19 bits per heavy atom. The number of pyridine rings is 1. The van der Waals surface area contributed by atoms with Crippen molar-refractivity contribution in [2.75, 3.05) is 13.7 Å². The van der Waals surface area contributed by atoms with Gasteiger partial charge in [-0.05, 0) is 29.8 Å². The van der Waals surface area contributed by atoms with Crippen molar-refractivity contribution in [2.45, 2.75) is 6.54 Å². The summed E-state index contributed by atoms with van der Waals surface area (Å²) in [4.78, 5) is 30.3. The summed E-state index contributed by atoms with van der Waals surface area (Å²) in [6, 6.07) is 14.6. The number of methoxy groups -OCH3 is 1. The van der Waals surface area contributed by atoms with E-state index >= 15 is 0 Å². The lowest BCUT2D eigenvalue weighted by Gasteiger charge is -2.21. The average molecular weight is 348 g/mol. The lowest BCUT2D eigenvalue weighted by atomic mass is 10.1. The minimum atomic E-state index is -0.326. The van der Waals surface area contributed by atoms with Crippen molar-refractivity contribution in [1.29, 1.82) is 0 Å². The Morgan fingerprint density at radius 3 is 2.62 bits per heavy atom. The number of ether oxygens (including phenoxy) is 1. The predicted molar refractivity (Wildman–Crippen MR) is 103 cm³/mol. The van der Waals surface area contributed by atoms with Crippen LogP contribution in [0.3, 0.4) is 0 Å². The number of rotatable bonds is 6. The van der Waals surface area contributed by atoms with Gasteiger partial charge in [-0.15, -0.1) is 6.58 Å². The third-order valence-electron chi connectivity index (χ3n) is 4.19. The quantitative estimate of drug-likeness (QED) is 0.695. The summed E-state index contributed by atoms with van der Waals surface area (Å²) >= 11 is 0. The van der Waals surface area contributed by atoms with Crippen molar-refractivity contribution in [2.24, 2.45) is 0 Å². The summed E-state index contributed by atoms with van der Waals surface area (Å²) in [6.45, 7) is 4.44. The van der Waals surface area contributed by atoms with E-state index in [4.69, 9.17) is 4.74 Å². The monoisotopic (exact) mass is 348 g/mol. The molecule has 0 unspecified atom stereocenters. The normalized spacial score (nSPS) is 10.5. The van der Waals surface area contributed by atoms with E-state index < -0.39 is 0 Å². The van der Waals surface area contributed by atoms with Gasteiger partial charge in [0.2, 0.25) is 5.43 Å². The van der Waals surface area contributed by atoms with Crippen molar-refractivity contribution >= 4 is 16.8 Å². The largest absolute Gasteiger partial charge is 0.497 e. The summed E-state index contributed by atoms with van der Waals surface area (Å²) in [5.74, 6) is 0.425. The Morgan fingerprint density at radius 2 is 1.92 bits per heavy atom. The predicted octanol–water partition coefficient (Wildman–Crippen LogP) is 3.37. The Hall–Kier alpha value is -3.34. The van der Waals surface area contributed by atoms with Gasteiger partial charge in [0.05, 0.1) is 7.11 Å². The number of carbonyl (C=O) groups excluding carboxylic acids is 1. The minimum Gasteiger partial charge on any atom is -0.497 e. The fraction of sp³-hybridized carbons (Fsp3) is 0.143. The Labute approximate surface area is 151 Å². The molecule has 1 heterocycles. The number of aromatic amines is 1. The number of fused-ring (bicyclic) bond motifs is 1. The van der Waals surface area contributed by atoms with Crippen LogP contribution in [0.2, 0.25) is 0 Å². The number of amides is 1. The van der Waals surface area contributed by atoms with Crippen molar-refractivity contribution in [3.05, 3.63) is 88.7 Å². The maximum atomic E-state index is 13.0. The molecular formula is C21H20N2O3. The molecule has 0 radical (unpaired) electrons. The van der Waals surface area contributed by atoms with Crippen LogP contribution in [0, 0.1) is 0 Å². The van der Waals surface area contributed by atoms with Crippen LogP contribution in [0.1, 0.15) is 15.9 Å². The maximum absolute atomic E-state index is 13.0. The molecule has 3 aromatic rings. The SMILES string of the molecule is C=CCN(Cc1ccc(OC)cc1)C(=O)c1c[nH]c2ccccc2c1=O. The van der Waals surface area contributed by atoms with Crippen LogP contribution in [-0.4, -0.2) is 29.4 Å². The highest BCUT2D eigenvalue weighted by Gasteiger charge is 2.19. The van der Waals surface area contributed by atoms with Crippen LogP contribution < -0.4 is 10.2 Å². The minimum absolute atomic E-state index is 0.124. The van der Waals surface area contributed by atoms with Crippen LogP contribution in [-0.2, 0) is 6.54 Å². The number of para-hydroxylation sites is 1. The fourth-order valence-electron chi connectivity index (χ4n) is 2.82. The number of hydrogen-bond acceptors (Lipinski definition) is 3. The molecule has 0 saturated heterocycles. The van der Waals surface area contributed by atoms with Crippen LogP contribution >= 0.6 is 0 Å². The van der Waals surface area contributed by atoms with E-state index in [9.17, 15) is 9.59 Å². The molecule has 1 N–H and O–H groups in total. The lowest BCUT2D eigenvalue weighted by Crippen LogP contribution is -2.34. The average Bonchev–Trinajstić information content (AvgIpc) is 2.68. The van der Waals surface area contributed by atoms with Gasteiger partial charge in [0.25, 0.3) is 5.91 Å². The number of aromatic nitrogens is 1. The summed E-state index contributed by atoms with van der Waals surface area (Å²) in [5.41, 5.74) is 1.50. The van der Waals surface area contributed by atoms with Gasteiger partial charge in [0.1, 0.15) is 11.3 Å². The summed E-state index contributed by atoms with van der Waals surface area (Å²) in [5, 5.41) is 0.501. The van der Waals surface area contributed by atoms with Gasteiger partial charge >= 0.3 is 0 Å². The second-order valence-electron chi connectivity index (χ2n) is 5.90. The first-order valence-electron chi connectivity index (χ1n) is 8.27. The summed E-state index contributed by atoms with van der Waals surface area (Å²) in [7, 11) is 1.61. The molecule has 1 aromatic heterocycles. The highest BCUT2D eigenvalue weighted by atomic mass is 16.5. The van der Waals surface area contributed by atoms with Gasteiger partial charge in [-0.25, -0.2) is 0 Å². The first-order chi connectivity index (χ1) is 12.6. The molecule has 0 bridgehead atoms. The van der Waals surface area contributed by atoms with Crippen LogP contribution in [0.4, 0.5) is 0 Å². The molecule has 0 fully saturated rings. The Kier molecular flexibility index (Phi) is 5.17. The van der Waals surface area contributed by atoms with Gasteiger partial charge in [-0.1, -0.05) is 30.3 Å². The van der Waals surface area contributed by atoms with Crippen LogP contribution in [0.5, 0.6) is 5.75 Å². The number of nitrogens with zero attached hydrogens (tertiary/aromatic N) is 1. The molecule has 0 aliphatic heterocycles. The standard InChI is InChI=1S/C21H20N2O3/c1-3-12-23(14-15-8-10-16(26-2)11-9-15)21(25)18-13-22-19-7-5-4-6-17(19)20(18)24/h3-11,13H,1,12,14H2,2H3,(H,22,24). The second kappa shape index (κ2) is 7.70. The van der Waals surface area contributed by atoms with Crippen LogP contribution in [0.15, 0.2) is 72.2 Å². The van der Waals surface area contributed by atoms with E-state index in [1.165, 1.54) is 6.20 Å². The van der Waals surface area contributed by atoms with Crippen molar-refractivity contribution in [3.8, 4) is 5.75 Å². The molecule has 26 heavy (non-hydrogen) atoms. The third-order valence-corrected chi connectivity index (χ3v) is 4.19. The molecular weight excluding hydrogens is 328 g/mol. The van der Waals surface area contributed by atoms with Gasteiger partial charge in [-0.2, -0.15) is 0 Å². The molecule has 3 rings (SSSR count). The number of H-pyrrole nitrogens is 1. The highest BCUT2D eigenvalue weighted by Crippen LogP contribution is 2.15. The van der Waals surface area contributed by atoms with Gasteiger partial charge in [0, 0.05) is 30.2 Å². The Balaban J connectivity index is 1.92. The number of benzene rings is 2. The topological polar surface area (TPSA) is 62.4 Å². The third kappa shape index (κ3) is 3.52. The molecule has 0 aliphatic carbocycles. The van der Waals surface area contributed by atoms with E-state index in [2.05, 4.69) is 11.6 Å². The number of carbonyl (C=O) groups is 1. The molecule has 0 aliphatic rings. The lowest BCUT2D eigenvalue weighted by molar-refractivity contribution is 0.0761. The summed E-state index contributed by atoms with van der Waals surface area (Å²) in [6.07, 6.45) is 3.13. The number of nitrogens with one attached hydrogen (secondary N) is 1.